The molecule has 3 atom stereocenters. The first-order valence-corrected chi connectivity index (χ1v) is 10.1. The van der Waals surface area contributed by atoms with E-state index in [4.69, 9.17) is 8.85 Å². The fraction of sp³-hybridized carbons (Fsp3) is 1.00. The Hall–Kier alpha value is 0.137. The first-order valence-electron chi connectivity index (χ1n) is 8.26. The van der Waals surface area contributed by atoms with E-state index in [-0.39, 0.29) is 5.04 Å². The highest BCUT2D eigenvalue weighted by atomic mass is 28.4. The normalized spacial score (nSPS) is 30.0. The summed E-state index contributed by atoms with van der Waals surface area (Å²) in [6, 6.07) is 0. The lowest BCUT2D eigenvalue weighted by Gasteiger charge is -2.51. The molecule has 0 amide bonds. The summed E-state index contributed by atoms with van der Waals surface area (Å²) in [5.41, 5.74) is 0.605. The zero-order chi connectivity index (χ0) is 15.7. The van der Waals surface area contributed by atoms with Crippen molar-refractivity contribution >= 4 is 8.56 Å². The lowest BCUT2D eigenvalue weighted by Crippen LogP contribution is -2.58. The first kappa shape index (κ1) is 18.2. The predicted molar refractivity (Wildman–Crippen MR) is 89.1 cm³/mol. The molecule has 3 heteroatoms. The SMILES string of the molecule is CO[Si](OC)(C1C(C)CCC1C)C(C)(C)C(C)C(C)C. The van der Waals surface area contributed by atoms with Gasteiger partial charge >= 0.3 is 8.56 Å². The zero-order valence-corrected chi connectivity index (χ0v) is 16.1. The largest absolute Gasteiger partial charge is 0.397 e. The van der Waals surface area contributed by atoms with Crippen molar-refractivity contribution in [1.29, 1.82) is 0 Å². The third-order valence-electron chi connectivity index (χ3n) is 6.39. The highest BCUT2D eigenvalue weighted by molar-refractivity contribution is 6.72. The summed E-state index contributed by atoms with van der Waals surface area (Å²) in [5.74, 6) is 2.67. The zero-order valence-electron chi connectivity index (χ0n) is 15.1. The number of hydrogen-bond acceptors (Lipinski definition) is 2. The van der Waals surface area contributed by atoms with E-state index in [1.807, 2.05) is 14.2 Å². The summed E-state index contributed by atoms with van der Waals surface area (Å²) in [6.07, 6.45) is 2.64. The Bertz CT molecular complexity index is 300. The lowest BCUT2D eigenvalue weighted by atomic mass is 9.86. The minimum absolute atomic E-state index is 0.113. The molecule has 1 saturated carbocycles. The van der Waals surface area contributed by atoms with Gasteiger partial charge in [-0.25, -0.2) is 0 Å². The average molecular weight is 301 g/mol. The van der Waals surface area contributed by atoms with Crippen LogP contribution in [0.2, 0.25) is 10.6 Å². The van der Waals surface area contributed by atoms with Crippen LogP contribution in [0.1, 0.15) is 61.3 Å². The number of hydrogen-bond donors (Lipinski definition) is 0. The summed E-state index contributed by atoms with van der Waals surface area (Å²) in [7, 11) is 1.49. The van der Waals surface area contributed by atoms with Crippen LogP contribution < -0.4 is 0 Å². The molecule has 0 aromatic rings. The van der Waals surface area contributed by atoms with Gasteiger partial charge in [0.15, 0.2) is 0 Å². The van der Waals surface area contributed by atoms with Gasteiger partial charge in [-0.05, 0) is 23.7 Å². The van der Waals surface area contributed by atoms with E-state index in [1.54, 1.807) is 0 Å². The molecule has 3 unspecified atom stereocenters. The van der Waals surface area contributed by atoms with Crippen molar-refractivity contribution in [1.82, 2.24) is 0 Å². The summed E-state index contributed by atoms with van der Waals surface area (Å²) < 4.78 is 12.5. The van der Waals surface area contributed by atoms with E-state index in [2.05, 4.69) is 48.5 Å². The maximum absolute atomic E-state index is 6.26. The molecule has 0 N–H and O–H groups in total. The van der Waals surface area contributed by atoms with Gasteiger partial charge in [0.1, 0.15) is 0 Å². The Labute approximate surface area is 127 Å². The van der Waals surface area contributed by atoms with Gasteiger partial charge in [-0.2, -0.15) is 0 Å². The summed E-state index contributed by atoms with van der Waals surface area (Å²) >= 11 is 0. The standard InChI is InChI=1S/C17H36O2Si/c1-12(2)15(5)17(6,7)20(18-8,19-9)16-13(3)10-11-14(16)4/h12-16H,10-11H2,1-9H3. The second kappa shape index (κ2) is 6.49. The Balaban J connectivity index is 3.26. The van der Waals surface area contributed by atoms with Crippen molar-refractivity contribution in [2.75, 3.05) is 14.2 Å². The molecule has 1 rings (SSSR count). The van der Waals surface area contributed by atoms with Crippen LogP contribution in [0.3, 0.4) is 0 Å². The van der Waals surface area contributed by atoms with Crippen molar-refractivity contribution in [2.45, 2.75) is 71.9 Å². The molecule has 0 aromatic heterocycles. The molecule has 0 bridgehead atoms. The molecule has 0 aliphatic heterocycles. The molecule has 1 aliphatic carbocycles. The Morgan fingerprint density at radius 3 is 1.65 bits per heavy atom. The first-order chi connectivity index (χ1) is 9.15. The molecule has 0 spiro atoms. The monoisotopic (exact) mass is 300 g/mol. The summed E-state index contributed by atoms with van der Waals surface area (Å²) in [4.78, 5) is 0. The Kier molecular flexibility index (Phi) is 5.90. The van der Waals surface area contributed by atoms with Gasteiger partial charge in [0.25, 0.3) is 0 Å². The van der Waals surface area contributed by atoms with Crippen LogP contribution in [-0.4, -0.2) is 22.8 Å². The van der Waals surface area contributed by atoms with E-state index in [1.165, 1.54) is 12.8 Å². The minimum Gasteiger partial charge on any atom is -0.397 e. The molecular formula is C17H36O2Si. The highest BCUT2D eigenvalue weighted by Gasteiger charge is 2.62. The fourth-order valence-electron chi connectivity index (χ4n) is 4.66. The minimum atomic E-state index is -2.29. The maximum Gasteiger partial charge on any atom is 0.347 e. The molecule has 0 heterocycles. The molecular weight excluding hydrogens is 264 g/mol. The van der Waals surface area contributed by atoms with Crippen LogP contribution in [0.5, 0.6) is 0 Å². The molecule has 0 radical (unpaired) electrons. The van der Waals surface area contributed by atoms with Crippen LogP contribution in [0.15, 0.2) is 0 Å². The maximum atomic E-state index is 6.26. The van der Waals surface area contributed by atoms with E-state index < -0.39 is 8.56 Å². The van der Waals surface area contributed by atoms with Crippen molar-refractivity contribution in [3.63, 3.8) is 0 Å². The second-order valence-electron chi connectivity index (χ2n) is 7.89. The Morgan fingerprint density at radius 2 is 1.35 bits per heavy atom. The average Bonchev–Trinajstić information content (AvgIpc) is 2.71. The van der Waals surface area contributed by atoms with Crippen molar-refractivity contribution in [2.24, 2.45) is 23.7 Å². The van der Waals surface area contributed by atoms with Crippen LogP contribution in [-0.2, 0) is 8.85 Å². The van der Waals surface area contributed by atoms with Crippen LogP contribution in [0.25, 0.3) is 0 Å². The van der Waals surface area contributed by atoms with Gasteiger partial charge in [-0.3, -0.25) is 0 Å². The van der Waals surface area contributed by atoms with Gasteiger partial charge in [-0.1, -0.05) is 61.3 Å². The van der Waals surface area contributed by atoms with Crippen molar-refractivity contribution in [3.8, 4) is 0 Å². The van der Waals surface area contributed by atoms with E-state index >= 15 is 0 Å². The van der Waals surface area contributed by atoms with Crippen LogP contribution in [0.4, 0.5) is 0 Å². The third-order valence-corrected chi connectivity index (χ3v) is 11.9. The second-order valence-corrected chi connectivity index (χ2v) is 12.0. The molecule has 20 heavy (non-hydrogen) atoms. The van der Waals surface area contributed by atoms with Crippen molar-refractivity contribution in [3.05, 3.63) is 0 Å². The van der Waals surface area contributed by atoms with Gasteiger partial charge in [0.05, 0.1) is 0 Å². The quantitative estimate of drug-likeness (QED) is 0.625. The third kappa shape index (κ3) is 2.73. The predicted octanol–water partition coefficient (Wildman–Crippen LogP) is 5.23. The van der Waals surface area contributed by atoms with Gasteiger partial charge in [-0.15, -0.1) is 0 Å². The molecule has 120 valence electrons. The molecule has 1 aliphatic rings. The van der Waals surface area contributed by atoms with E-state index in [9.17, 15) is 0 Å². The summed E-state index contributed by atoms with van der Waals surface area (Å²) in [6.45, 7) is 16.6. The summed E-state index contributed by atoms with van der Waals surface area (Å²) in [5, 5.41) is 0.113. The molecule has 2 nitrogen and oxygen atoms in total. The lowest BCUT2D eigenvalue weighted by molar-refractivity contribution is 0.149. The number of rotatable bonds is 6. The topological polar surface area (TPSA) is 18.5 Å². The Morgan fingerprint density at radius 1 is 0.950 bits per heavy atom. The van der Waals surface area contributed by atoms with Gasteiger partial charge in [0.2, 0.25) is 0 Å². The highest BCUT2D eigenvalue weighted by Crippen LogP contribution is 2.59. The van der Waals surface area contributed by atoms with Gasteiger partial charge < -0.3 is 8.85 Å². The van der Waals surface area contributed by atoms with E-state index in [0.717, 1.165) is 11.8 Å². The molecule has 1 fully saturated rings. The van der Waals surface area contributed by atoms with Crippen LogP contribution in [0, 0.1) is 23.7 Å². The smallest absolute Gasteiger partial charge is 0.347 e. The fourth-order valence-corrected chi connectivity index (χ4v) is 10.1. The molecule has 0 aromatic carbocycles. The van der Waals surface area contributed by atoms with Gasteiger partial charge in [0, 0.05) is 24.8 Å². The molecule has 0 saturated heterocycles. The van der Waals surface area contributed by atoms with Crippen LogP contribution >= 0.6 is 0 Å². The van der Waals surface area contributed by atoms with Crippen molar-refractivity contribution < 1.29 is 8.85 Å². The van der Waals surface area contributed by atoms with E-state index in [0.29, 0.717) is 17.4 Å².